The highest BCUT2D eigenvalue weighted by Crippen LogP contribution is 2.30. The van der Waals surface area contributed by atoms with Crippen LogP contribution in [0.25, 0.3) is 0 Å². The van der Waals surface area contributed by atoms with Gasteiger partial charge in [0.15, 0.2) is 5.69 Å². The highest BCUT2D eigenvalue weighted by molar-refractivity contribution is 5.88. The SMILES string of the molecule is CC(C)(C)OC(=O)Cn1cc(C(=O)O)c(C(F)(F)F)n1. The third-order valence-electron chi connectivity index (χ3n) is 1.97. The van der Waals surface area contributed by atoms with E-state index in [-0.39, 0.29) is 0 Å². The summed E-state index contributed by atoms with van der Waals surface area (Å²) in [5.74, 6) is -2.58. The Kier molecular flexibility index (Phi) is 4.11. The van der Waals surface area contributed by atoms with Crippen LogP contribution in [0.3, 0.4) is 0 Å². The quantitative estimate of drug-likeness (QED) is 0.862. The smallest absolute Gasteiger partial charge is 0.436 e. The molecule has 6 nitrogen and oxygen atoms in total. The van der Waals surface area contributed by atoms with E-state index in [4.69, 9.17) is 9.84 Å². The maximum absolute atomic E-state index is 12.6. The third kappa shape index (κ3) is 4.25. The van der Waals surface area contributed by atoms with Gasteiger partial charge in [-0.05, 0) is 20.8 Å². The Morgan fingerprint density at radius 3 is 2.25 bits per heavy atom. The van der Waals surface area contributed by atoms with Crippen molar-refractivity contribution in [3.05, 3.63) is 17.5 Å². The van der Waals surface area contributed by atoms with Crippen LogP contribution in [0.1, 0.15) is 36.8 Å². The minimum absolute atomic E-state index is 0.598. The number of esters is 1. The van der Waals surface area contributed by atoms with Crippen LogP contribution in [0.4, 0.5) is 13.2 Å². The van der Waals surface area contributed by atoms with Gasteiger partial charge in [0.05, 0.1) is 0 Å². The zero-order valence-corrected chi connectivity index (χ0v) is 11.0. The molecule has 9 heteroatoms. The van der Waals surface area contributed by atoms with E-state index < -0.39 is 41.5 Å². The van der Waals surface area contributed by atoms with E-state index in [1.54, 1.807) is 20.8 Å². The Balaban J connectivity index is 2.99. The van der Waals surface area contributed by atoms with Gasteiger partial charge in [-0.1, -0.05) is 0 Å². The molecule has 0 aliphatic carbocycles. The monoisotopic (exact) mass is 294 g/mol. The number of carboxylic acids is 1. The Hall–Kier alpha value is -2.06. The lowest BCUT2D eigenvalue weighted by atomic mass is 10.2. The lowest BCUT2D eigenvalue weighted by molar-refractivity contribution is -0.156. The molecule has 0 aliphatic rings. The van der Waals surface area contributed by atoms with Crippen molar-refractivity contribution in [3.8, 4) is 0 Å². The van der Waals surface area contributed by atoms with E-state index >= 15 is 0 Å². The minimum atomic E-state index is -4.91. The summed E-state index contributed by atoms with van der Waals surface area (Å²) in [6, 6.07) is 0. The fraction of sp³-hybridized carbons (Fsp3) is 0.545. The van der Waals surface area contributed by atoms with Crippen molar-refractivity contribution < 1.29 is 32.6 Å². The van der Waals surface area contributed by atoms with E-state index in [1.807, 2.05) is 0 Å². The number of aromatic nitrogens is 2. The molecule has 112 valence electrons. The van der Waals surface area contributed by atoms with Crippen LogP contribution < -0.4 is 0 Å². The fourth-order valence-electron chi connectivity index (χ4n) is 1.37. The summed E-state index contributed by atoms with van der Waals surface area (Å²) < 4.78 is 43.2. The number of ether oxygens (including phenoxy) is 1. The van der Waals surface area contributed by atoms with Gasteiger partial charge in [0.2, 0.25) is 0 Å². The van der Waals surface area contributed by atoms with Crippen LogP contribution in [-0.2, 0) is 22.3 Å². The second-order valence-electron chi connectivity index (χ2n) is 4.98. The predicted octanol–water partition coefficient (Wildman–Crippen LogP) is 1.94. The van der Waals surface area contributed by atoms with Crippen molar-refractivity contribution in [2.24, 2.45) is 0 Å². The van der Waals surface area contributed by atoms with Crippen molar-refractivity contribution in [2.75, 3.05) is 0 Å². The summed E-state index contributed by atoms with van der Waals surface area (Å²) >= 11 is 0. The molecule has 0 aromatic carbocycles. The second-order valence-corrected chi connectivity index (χ2v) is 4.98. The van der Waals surface area contributed by atoms with Gasteiger partial charge < -0.3 is 9.84 Å². The number of halogens is 3. The van der Waals surface area contributed by atoms with Crippen LogP contribution >= 0.6 is 0 Å². The van der Waals surface area contributed by atoms with E-state index in [9.17, 15) is 22.8 Å². The number of rotatable bonds is 3. The first-order valence-corrected chi connectivity index (χ1v) is 5.50. The zero-order valence-electron chi connectivity index (χ0n) is 11.0. The Labute approximate surface area is 112 Å². The van der Waals surface area contributed by atoms with Gasteiger partial charge in [0, 0.05) is 6.20 Å². The molecule has 0 atom stereocenters. The summed E-state index contributed by atoms with van der Waals surface area (Å²) in [7, 11) is 0. The molecular formula is C11H13F3N2O4. The van der Waals surface area contributed by atoms with Crippen LogP contribution in [0.2, 0.25) is 0 Å². The largest absolute Gasteiger partial charge is 0.478 e. The number of carboxylic acid groups (broad SMARTS) is 1. The number of hydrogen-bond donors (Lipinski definition) is 1. The molecule has 0 aliphatic heterocycles. The predicted molar refractivity (Wildman–Crippen MR) is 60.0 cm³/mol. The first-order chi connectivity index (χ1) is 8.90. The first-order valence-electron chi connectivity index (χ1n) is 5.50. The Morgan fingerprint density at radius 1 is 1.35 bits per heavy atom. The van der Waals surface area contributed by atoms with Gasteiger partial charge >= 0.3 is 18.1 Å². The van der Waals surface area contributed by atoms with Gasteiger partial charge in [0.1, 0.15) is 17.7 Å². The molecule has 1 aromatic rings. The normalized spacial score (nSPS) is 12.3. The van der Waals surface area contributed by atoms with Crippen molar-refractivity contribution in [3.63, 3.8) is 0 Å². The number of aromatic carboxylic acids is 1. The molecule has 0 radical (unpaired) electrons. The van der Waals surface area contributed by atoms with Crippen molar-refractivity contribution >= 4 is 11.9 Å². The van der Waals surface area contributed by atoms with Crippen molar-refractivity contribution in [1.29, 1.82) is 0 Å². The van der Waals surface area contributed by atoms with Crippen LogP contribution in [-0.4, -0.2) is 32.4 Å². The van der Waals surface area contributed by atoms with Crippen LogP contribution in [0, 0.1) is 0 Å². The van der Waals surface area contributed by atoms with Crippen molar-refractivity contribution in [1.82, 2.24) is 9.78 Å². The molecule has 1 rings (SSSR count). The molecule has 0 saturated carbocycles. The molecule has 0 fully saturated rings. The summed E-state index contributed by atoms with van der Waals surface area (Å²) in [5, 5.41) is 11.8. The first kappa shape index (κ1) is 16.0. The third-order valence-corrected chi connectivity index (χ3v) is 1.97. The highest BCUT2D eigenvalue weighted by Gasteiger charge is 2.39. The van der Waals surface area contributed by atoms with E-state index in [0.717, 1.165) is 0 Å². The fourth-order valence-corrected chi connectivity index (χ4v) is 1.37. The summed E-state index contributed by atoms with van der Waals surface area (Å²) in [5.41, 5.74) is -3.36. The van der Waals surface area contributed by atoms with Crippen LogP contribution in [0.15, 0.2) is 6.20 Å². The molecule has 1 N–H and O–H groups in total. The lowest BCUT2D eigenvalue weighted by Crippen LogP contribution is -2.26. The standard InChI is InChI=1S/C11H13F3N2O4/c1-10(2,3)20-7(17)5-16-4-6(9(18)19)8(15-16)11(12,13)14/h4H,5H2,1-3H3,(H,18,19). The second kappa shape index (κ2) is 5.14. The average Bonchev–Trinajstić information content (AvgIpc) is 2.57. The summed E-state index contributed by atoms with van der Waals surface area (Å²) in [6.45, 7) is 4.18. The molecule has 1 heterocycles. The molecule has 0 amide bonds. The summed E-state index contributed by atoms with van der Waals surface area (Å²) in [6.07, 6.45) is -4.26. The lowest BCUT2D eigenvalue weighted by Gasteiger charge is -2.19. The average molecular weight is 294 g/mol. The van der Waals surface area contributed by atoms with E-state index in [0.29, 0.717) is 10.9 Å². The van der Waals surface area contributed by atoms with Gasteiger partial charge in [-0.3, -0.25) is 9.48 Å². The van der Waals surface area contributed by atoms with E-state index in [2.05, 4.69) is 5.10 Å². The van der Waals surface area contributed by atoms with Gasteiger partial charge in [0.25, 0.3) is 0 Å². The van der Waals surface area contributed by atoms with Gasteiger partial charge in [-0.2, -0.15) is 18.3 Å². The van der Waals surface area contributed by atoms with E-state index in [1.165, 1.54) is 0 Å². The van der Waals surface area contributed by atoms with Crippen LogP contribution in [0.5, 0.6) is 0 Å². The van der Waals surface area contributed by atoms with Crippen molar-refractivity contribution in [2.45, 2.75) is 39.1 Å². The molecule has 0 unspecified atom stereocenters. The van der Waals surface area contributed by atoms with Gasteiger partial charge in [-0.15, -0.1) is 0 Å². The number of carbonyl (C=O) groups is 2. The molecule has 0 spiro atoms. The number of hydrogen-bond acceptors (Lipinski definition) is 4. The molecule has 20 heavy (non-hydrogen) atoms. The molecular weight excluding hydrogens is 281 g/mol. The molecule has 1 aromatic heterocycles. The topological polar surface area (TPSA) is 81.4 Å². The maximum atomic E-state index is 12.6. The molecule has 0 bridgehead atoms. The summed E-state index contributed by atoms with van der Waals surface area (Å²) in [4.78, 5) is 22.2. The minimum Gasteiger partial charge on any atom is -0.478 e. The Bertz CT molecular complexity index is 529. The van der Waals surface area contributed by atoms with Gasteiger partial charge in [-0.25, -0.2) is 4.79 Å². The maximum Gasteiger partial charge on any atom is 0.436 e. The Morgan fingerprint density at radius 2 is 1.90 bits per heavy atom. The zero-order chi connectivity index (χ0) is 15.7. The number of alkyl halides is 3. The molecule has 0 saturated heterocycles. The highest BCUT2D eigenvalue weighted by atomic mass is 19.4. The number of carbonyl (C=O) groups excluding carboxylic acids is 1. The number of nitrogens with zero attached hydrogens (tertiary/aromatic N) is 2.